The zero-order valence-electron chi connectivity index (χ0n) is 19.0. The highest BCUT2D eigenvalue weighted by Gasteiger charge is 2.45. The molecule has 0 aliphatic carbocycles. The van der Waals surface area contributed by atoms with Gasteiger partial charge in [-0.25, -0.2) is 14.1 Å². The summed E-state index contributed by atoms with van der Waals surface area (Å²) < 4.78 is 20.2. The molecule has 1 fully saturated rings. The van der Waals surface area contributed by atoms with Crippen LogP contribution in [0.3, 0.4) is 0 Å². The van der Waals surface area contributed by atoms with Gasteiger partial charge in [-0.05, 0) is 76.2 Å². The number of nitrogens with one attached hydrogen (secondary N) is 2. The van der Waals surface area contributed by atoms with Crippen molar-refractivity contribution in [3.05, 3.63) is 92.8 Å². The van der Waals surface area contributed by atoms with Gasteiger partial charge in [-0.1, -0.05) is 24.3 Å². The molecular formula is C26H20FIN4O4. The van der Waals surface area contributed by atoms with E-state index in [4.69, 9.17) is 10.00 Å². The van der Waals surface area contributed by atoms with E-state index in [1.54, 1.807) is 54.6 Å². The van der Waals surface area contributed by atoms with Gasteiger partial charge in [0.1, 0.15) is 23.7 Å². The molecule has 4 amide bonds. The van der Waals surface area contributed by atoms with Gasteiger partial charge in [-0.3, -0.25) is 9.59 Å². The van der Waals surface area contributed by atoms with E-state index in [0.717, 1.165) is 4.90 Å². The van der Waals surface area contributed by atoms with Crippen LogP contribution in [0.5, 0.6) is 5.75 Å². The predicted octanol–water partition coefficient (Wildman–Crippen LogP) is 4.15. The second kappa shape index (κ2) is 10.7. The Morgan fingerprint density at radius 3 is 2.47 bits per heavy atom. The van der Waals surface area contributed by atoms with Gasteiger partial charge in [0, 0.05) is 9.99 Å². The van der Waals surface area contributed by atoms with Crippen molar-refractivity contribution in [1.82, 2.24) is 10.2 Å². The molecule has 0 bridgehead atoms. The smallest absolute Gasteiger partial charge is 0.325 e. The second-order valence-electron chi connectivity index (χ2n) is 8.01. The summed E-state index contributed by atoms with van der Waals surface area (Å²) >= 11 is 1.95. The van der Waals surface area contributed by atoms with Crippen molar-refractivity contribution in [2.45, 2.75) is 18.5 Å². The number of hydrogen-bond acceptors (Lipinski definition) is 5. The molecule has 1 aliphatic heterocycles. The summed E-state index contributed by atoms with van der Waals surface area (Å²) in [5, 5.41) is 14.2. The molecule has 8 nitrogen and oxygen atoms in total. The van der Waals surface area contributed by atoms with E-state index in [1.165, 1.54) is 19.2 Å². The van der Waals surface area contributed by atoms with E-state index in [-0.39, 0.29) is 12.1 Å². The number of halogens is 2. The van der Waals surface area contributed by atoms with Crippen LogP contribution in [0.25, 0.3) is 0 Å². The van der Waals surface area contributed by atoms with E-state index >= 15 is 0 Å². The van der Waals surface area contributed by atoms with Crippen molar-refractivity contribution in [2.75, 3.05) is 12.4 Å². The van der Waals surface area contributed by atoms with Crippen molar-refractivity contribution < 1.29 is 23.5 Å². The van der Waals surface area contributed by atoms with Crippen LogP contribution in [0.4, 0.5) is 14.9 Å². The summed E-state index contributed by atoms with van der Waals surface area (Å²) in [5.41, 5.74) is 1.50. The SMILES string of the molecule is COc1ccc(C2NC(=O)N(C(Cc3ccc(C#N)cc3)C(=O)Nc3ccc(I)cc3F)C2=O)cc1. The maximum absolute atomic E-state index is 14.4. The molecule has 2 N–H and O–H groups in total. The lowest BCUT2D eigenvalue weighted by atomic mass is 10.0. The number of imide groups is 1. The second-order valence-corrected chi connectivity index (χ2v) is 9.25. The molecule has 1 saturated heterocycles. The van der Waals surface area contributed by atoms with Gasteiger partial charge < -0.3 is 15.4 Å². The van der Waals surface area contributed by atoms with Crippen LogP contribution in [0.15, 0.2) is 66.7 Å². The first-order chi connectivity index (χ1) is 17.3. The third-order valence-electron chi connectivity index (χ3n) is 5.74. The topological polar surface area (TPSA) is 112 Å². The van der Waals surface area contributed by atoms with Gasteiger partial charge in [0.25, 0.3) is 5.91 Å². The highest BCUT2D eigenvalue weighted by molar-refractivity contribution is 14.1. The minimum absolute atomic E-state index is 0.0297. The summed E-state index contributed by atoms with van der Waals surface area (Å²) in [4.78, 5) is 40.6. The summed E-state index contributed by atoms with van der Waals surface area (Å²) in [6.45, 7) is 0. The lowest BCUT2D eigenvalue weighted by Gasteiger charge is -2.25. The van der Waals surface area contributed by atoms with Gasteiger partial charge in [-0.15, -0.1) is 0 Å². The fourth-order valence-corrected chi connectivity index (χ4v) is 4.31. The van der Waals surface area contributed by atoms with E-state index in [1.807, 2.05) is 28.7 Å². The standard InChI is InChI=1S/C26H20FIN4O4/c1-36-19-9-6-17(7-10-19)23-25(34)32(26(35)31-23)22(12-15-2-4-16(14-29)5-3-15)24(33)30-21-11-8-18(28)13-20(21)27/h2-11,13,22-23H,12H2,1H3,(H,30,33)(H,31,35). The zero-order chi connectivity index (χ0) is 25.8. The van der Waals surface area contributed by atoms with Gasteiger partial charge in [0.15, 0.2) is 0 Å². The monoisotopic (exact) mass is 598 g/mol. The van der Waals surface area contributed by atoms with Crippen LogP contribution in [0.1, 0.15) is 22.7 Å². The van der Waals surface area contributed by atoms with Crippen molar-refractivity contribution in [2.24, 2.45) is 0 Å². The highest BCUT2D eigenvalue weighted by atomic mass is 127. The summed E-state index contributed by atoms with van der Waals surface area (Å²) in [5.74, 6) is -1.38. The van der Waals surface area contributed by atoms with Crippen molar-refractivity contribution in [1.29, 1.82) is 5.26 Å². The molecule has 4 rings (SSSR count). The Bertz CT molecular complexity index is 1360. The maximum Gasteiger partial charge on any atom is 0.325 e. The highest BCUT2D eigenvalue weighted by Crippen LogP contribution is 2.27. The minimum atomic E-state index is -1.27. The molecular weight excluding hydrogens is 578 g/mol. The summed E-state index contributed by atoms with van der Waals surface area (Å²) in [7, 11) is 1.52. The number of hydrogen-bond donors (Lipinski definition) is 2. The third-order valence-corrected chi connectivity index (χ3v) is 6.41. The number of urea groups is 1. The lowest BCUT2D eigenvalue weighted by Crippen LogP contribution is -2.49. The average molecular weight is 598 g/mol. The first-order valence-corrected chi connectivity index (χ1v) is 11.9. The number of carbonyl (C=O) groups is 3. The molecule has 1 aliphatic rings. The molecule has 3 aromatic rings. The van der Waals surface area contributed by atoms with Crippen molar-refractivity contribution >= 4 is 46.1 Å². The van der Waals surface area contributed by atoms with Crippen LogP contribution in [-0.4, -0.2) is 35.9 Å². The Labute approximate surface area is 220 Å². The van der Waals surface area contributed by atoms with E-state index in [0.29, 0.717) is 26.0 Å². The van der Waals surface area contributed by atoms with Crippen LogP contribution < -0.4 is 15.4 Å². The molecule has 2 unspecified atom stereocenters. The van der Waals surface area contributed by atoms with Crippen LogP contribution in [-0.2, 0) is 16.0 Å². The van der Waals surface area contributed by atoms with Crippen molar-refractivity contribution in [3.8, 4) is 11.8 Å². The maximum atomic E-state index is 14.4. The predicted molar refractivity (Wildman–Crippen MR) is 138 cm³/mol. The lowest BCUT2D eigenvalue weighted by molar-refractivity contribution is -0.134. The van der Waals surface area contributed by atoms with E-state index in [9.17, 15) is 18.8 Å². The largest absolute Gasteiger partial charge is 0.497 e. The Balaban J connectivity index is 1.65. The molecule has 10 heteroatoms. The third kappa shape index (κ3) is 5.31. The molecule has 1 heterocycles. The Morgan fingerprint density at radius 1 is 1.17 bits per heavy atom. The average Bonchev–Trinajstić information content (AvgIpc) is 3.18. The molecule has 2 atom stereocenters. The number of methoxy groups -OCH3 is 1. The Morgan fingerprint density at radius 2 is 1.86 bits per heavy atom. The van der Waals surface area contributed by atoms with Crippen molar-refractivity contribution in [3.63, 3.8) is 0 Å². The quantitative estimate of drug-likeness (QED) is 0.314. The normalized spacial score (nSPS) is 15.7. The molecule has 3 aromatic carbocycles. The molecule has 0 aromatic heterocycles. The van der Waals surface area contributed by atoms with Crippen LogP contribution in [0.2, 0.25) is 0 Å². The number of nitriles is 1. The molecule has 0 spiro atoms. The molecule has 0 saturated carbocycles. The Hall–Kier alpha value is -3.98. The summed E-state index contributed by atoms with van der Waals surface area (Å²) in [6, 6.07) is 16.4. The number of anilines is 1. The van der Waals surface area contributed by atoms with Crippen LogP contribution >= 0.6 is 22.6 Å². The Kier molecular flexibility index (Phi) is 7.49. The number of rotatable bonds is 7. The molecule has 0 radical (unpaired) electrons. The van der Waals surface area contributed by atoms with Gasteiger partial charge in [0.05, 0.1) is 24.4 Å². The van der Waals surface area contributed by atoms with E-state index < -0.39 is 35.7 Å². The number of amides is 4. The summed E-state index contributed by atoms with van der Waals surface area (Å²) in [6.07, 6.45) is -0.0297. The number of nitrogens with zero attached hydrogens (tertiary/aromatic N) is 2. The van der Waals surface area contributed by atoms with Gasteiger partial charge in [-0.2, -0.15) is 5.26 Å². The number of carbonyl (C=O) groups excluding carboxylic acids is 3. The van der Waals surface area contributed by atoms with Crippen LogP contribution in [0, 0.1) is 20.7 Å². The number of benzene rings is 3. The molecule has 36 heavy (non-hydrogen) atoms. The minimum Gasteiger partial charge on any atom is -0.497 e. The zero-order valence-corrected chi connectivity index (χ0v) is 21.2. The van der Waals surface area contributed by atoms with E-state index in [2.05, 4.69) is 10.6 Å². The molecule has 182 valence electrons. The van der Waals surface area contributed by atoms with Gasteiger partial charge >= 0.3 is 6.03 Å². The first-order valence-electron chi connectivity index (χ1n) is 10.8. The fraction of sp³-hybridized carbons (Fsp3) is 0.154. The fourth-order valence-electron chi connectivity index (χ4n) is 3.86. The first kappa shape index (κ1) is 25.1. The number of ether oxygens (including phenoxy) is 1. The van der Waals surface area contributed by atoms with Gasteiger partial charge in [0.2, 0.25) is 5.91 Å².